The Morgan fingerprint density at radius 3 is 2.88 bits per heavy atom. The maximum atomic E-state index is 11.7. The van der Waals surface area contributed by atoms with Crippen molar-refractivity contribution in [2.75, 3.05) is 0 Å². The van der Waals surface area contributed by atoms with Crippen molar-refractivity contribution in [3.63, 3.8) is 0 Å². The molecule has 0 aliphatic heterocycles. The van der Waals surface area contributed by atoms with Crippen LogP contribution >= 0.6 is 0 Å². The zero-order chi connectivity index (χ0) is 11.7. The number of nitrogens with one attached hydrogen (secondary N) is 1. The summed E-state index contributed by atoms with van der Waals surface area (Å²) in [5.41, 5.74) is 0.598. The Hall–Kier alpha value is -2.17. The largest absolute Gasteiger partial charge is 0.349 e. The lowest BCUT2D eigenvalue weighted by Gasteiger charge is -2.04. The topological polar surface area (TPSA) is 59.8 Å². The van der Waals surface area contributed by atoms with Gasteiger partial charge >= 0.3 is 0 Å². The van der Waals surface area contributed by atoms with Crippen molar-refractivity contribution in [1.29, 1.82) is 0 Å². The van der Waals surface area contributed by atoms with Gasteiger partial charge in [0.1, 0.15) is 12.1 Å². The molecule has 2 aromatic heterocycles. The Morgan fingerprint density at radius 1 is 1.41 bits per heavy atom. The molecule has 5 heteroatoms. The van der Waals surface area contributed by atoms with Crippen LogP contribution in [0.5, 0.6) is 0 Å². The van der Waals surface area contributed by atoms with Gasteiger partial charge in [-0.3, -0.25) is 9.36 Å². The molecular weight excluding hydrogens is 216 g/mol. The first-order valence-corrected chi connectivity index (χ1v) is 5.58. The first-order chi connectivity index (χ1) is 8.33. The Balaban J connectivity index is 1.77. The number of hydrogen-bond acceptors (Lipinski definition) is 3. The smallest absolute Gasteiger partial charge is 0.253 e. The lowest BCUT2D eigenvalue weighted by atomic mass is 10.2. The van der Waals surface area contributed by atoms with E-state index in [1.54, 1.807) is 29.4 Å². The Labute approximate surface area is 98.5 Å². The molecule has 0 atom stereocenters. The normalized spacial score (nSPS) is 14.6. The summed E-state index contributed by atoms with van der Waals surface area (Å²) in [6.45, 7) is 0. The first-order valence-electron chi connectivity index (χ1n) is 5.58. The molecule has 1 N–H and O–H groups in total. The van der Waals surface area contributed by atoms with Crippen molar-refractivity contribution < 1.29 is 4.79 Å². The van der Waals surface area contributed by atoms with Gasteiger partial charge in [-0.1, -0.05) is 0 Å². The summed E-state index contributed by atoms with van der Waals surface area (Å²) in [6.07, 6.45) is 8.94. The van der Waals surface area contributed by atoms with Gasteiger partial charge in [-0.15, -0.1) is 0 Å². The van der Waals surface area contributed by atoms with E-state index in [-0.39, 0.29) is 5.91 Å². The molecule has 0 spiro atoms. The van der Waals surface area contributed by atoms with Crippen LogP contribution in [0.25, 0.3) is 5.82 Å². The van der Waals surface area contributed by atoms with Gasteiger partial charge in [0, 0.05) is 24.6 Å². The molecule has 0 bridgehead atoms. The summed E-state index contributed by atoms with van der Waals surface area (Å²) in [5, 5.41) is 2.93. The van der Waals surface area contributed by atoms with E-state index < -0.39 is 0 Å². The number of carbonyl (C=O) groups excluding carboxylic acids is 1. The number of hydrogen-bond donors (Lipinski definition) is 1. The lowest BCUT2D eigenvalue weighted by Crippen LogP contribution is -2.25. The minimum Gasteiger partial charge on any atom is -0.349 e. The fraction of sp³-hybridized carbons (Fsp3) is 0.250. The summed E-state index contributed by atoms with van der Waals surface area (Å²) in [5.74, 6) is 0.711. The molecule has 5 nitrogen and oxygen atoms in total. The minimum absolute atomic E-state index is 0.0443. The fourth-order valence-electron chi connectivity index (χ4n) is 1.56. The van der Waals surface area contributed by atoms with E-state index in [0.29, 0.717) is 11.6 Å². The molecule has 0 aromatic carbocycles. The summed E-state index contributed by atoms with van der Waals surface area (Å²) in [4.78, 5) is 19.9. The third-order valence-corrected chi connectivity index (χ3v) is 2.69. The molecule has 86 valence electrons. The van der Waals surface area contributed by atoms with Crippen LogP contribution in [-0.4, -0.2) is 26.5 Å². The molecule has 0 saturated heterocycles. The molecule has 1 aliphatic carbocycles. The van der Waals surface area contributed by atoms with Gasteiger partial charge in [0.25, 0.3) is 5.91 Å². The predicted octanol–water partition coefficient (Wildman–Crippen LogP) is 1.16. The SMILES string of the molecule is O=C(NC1CC1)c1ccc(-n2ccnc2)nc1. The van der Waals surface area contributed by atoms with Crippen LogP contribution in [-0.2, 0) is 0 Å². The third-order valence-electron chi connectivity index (χ3n) is 2.69. The number of nitrogens with zero attached hydrogens (tertiary/aromatic N) is 3. The van der Waals surface area contributed by atoms with Crippen molar-refractivity contribution in [2.45, 2.75) is 18.9 Å². The van der Waals surface area contributed by atoms with E-state index in [9.17, 15) is 4.79 Å². The number of imidazole rings is 1. The van der Waals surface area contributed by atoms with Gasteiger partial charge in [0.15, 0.2) is 0 Å². The monoisotopic (exact) mass is 228 g/mol. The summed E-state index contributed by atoms with van der Waals surface area (Å²) in [7, 11) is 0. The summed E-state index contributed by atoms with van der Waals surface area (Å²) >= 11 is 0. The van der Waals surface area contributed by atoms with E-state index in [1.807, 2.05) is 12.3 Å². The summed E-state index contributed by atoms with van der Waals surface area (Å²) < 4.78 is 1.79. The molecule has 1 fully saturated rings. The van der Waals surface area contributed by atoms with Gasteiger partial charge in [-0.05, 0) is 25.0 Å². The number of pyridine rings is 1. The van der Waals surface area contributed by atoms with E-state index in [1.165, 1.54) is 0 Å². The third kappa shape index (κ3) is 2.18. The Kier molecular flexibility index (Phi) is 2.36. The second-order valence-corrected chi connectivity index (χ2v) is 4.12. The highest BCUT2D eigenvalue weighted by Gasteiger charge is 2.23. The lowest BCUT2D eigenvalue weighted by molar-refractivity contribution is 0.0950. The molecule has 3 rings (SSSR count). The molecule has 1 amide bonds. The Morgan fingerprint density at radius 2 is 2.29 bits per heavy atom. The van der Waals surface area contributed by atoms with Crippen LogP contribution in [0.3, 0.4) is 0 Å². The molecule has 1 saturated carbocycles. The maximum Gasteiger partial charge on any atom is 0.253 e. The van der Waals surface area contributed by atoms with Gasteiger partial charge in [-0.25, -0.2) is 9.97 Å². The van der Waals surface area contributed by atoms with Crippen molar-refractivity contribution in [3.8, 4) is 5.82 Å². The fourth-order valence-corrected chi connectivity index (χ4v) is 1.56. The molecule has 0 radical (unpaired) electrons. The van der Waals surface area contributed by atoms with Crippen LogP contribution in [0.2, 0.25) is 0 Å². The zero-order valence-corrected chi connectivity index (χ0v) is 9.21. The molecule has 0 unspecified atom stereocenters. The zero-order valence-electron chi connectivity index (χ0n) is 9.21. The average molecular weight is 228 g/mol. The van der Waals surface area contributed by atoms with Crippen molar-refractivity contribution >= 4 is 5.91 Å². The molecule has 2 aromatic rings. The average Bonchev–Trinajstić information content (AvgIpc) is 3.00. The first kappa shape index (κ1) is 10.0. The molecule has 1 aliphatic rings. The second kappa shape index (κ2) is 4.01. The number of rotatable bonds is 3. The number of aromatic nitrogens is 3. The van der Waals surface area contributed by atoms with Crippen molar-refractivity contribution in [1.82, 2.24) is 19.9 Å². The molecule has 2 heterocycles. The van der Waals surface area contributed by atoms with Crippen molar-refractivity contribution in [2.24, 2.45) is 0 Å². The number of carbonyl (C=O) groups is 1. The quantitative estimate of drug-likeness (QED) is 0.857. The second-order valence-electron chi connectivity index (χ2n) is 4.12. The standard InChI is InChI=1S/C12H12N4O/c17-12(15-10-2-3-10)9-1-4-11(14-7-9)16-6-5-13-8-16/h1,4-8,10H,2-3H2,(H,15,17). The van der Waals surface area contributed by atoms with Crippen LogP contribution in [0.15, 0.2) is 37.1 Å². The molecule has 17 heavy (non-hydrogen) atoms. The summed E-state index contributed by atoms with van der Waals surface area (Å²) in [6, 6.07) is 3.96. The van der Waals surface area contributed by atoms with Crippen LogP contribution < -0.4 is 5.32 Å². The number of amides is 1. The van der Waals surface area contributed by atoms with Crippen LogP contribution in [0, 0.1) is 0 Å². The highest BCUT2D eigenvalue weighted by molar-refractivity contribution is 5.94. The maximum absolute atomic E-state index is 11.7. The van der Waals surface area contributed by atoms with Gasteiger partial charge in [0.2, 0.25) is 0 Å². The predicted molar refractivity (Wildman–Crippen MR) is 61.8 cm³/mol. The van der Waals surface area contributed by atoms with Gasteiger partial charge in [0.05, 0.1) is 5.56 Å². The van der Waals surface area contributed by atoms with E-state index in [2.05, 4.69) is 15.3 Å². The van der Waals surface area contributed by atoms with Gasteiger partial charge < -0.3 is 5.32 Å². The van der Waals surface area contributed by atoms with Crippen molar-refractivity contribution in [3.05, 3.63) is 42.6 Å². The molecular formula is C12H12N4O. The van der Waals surface area contributed by atoms with E-state index in [4.69, 9.17) is 0 Å². The van der Waals surface area contributed by atoms with E-state index in [0.717, 1.165) is 18.7 Å². The van der Waals surface area contributed by atoms with Crippen LogP contribution in [0.4, 0.5) is 0 Å². The van der Waals surface area contributed by atoms with Crippen LogP contribution in [0.1, 0.15) is 23.2 Å². The highest BCUT2D eigenvalue weighted by atomic mass is 16.1. The van der Waals surface area contributed by atoms with Gasteiger partial charge in [-0.2, -0.15) is 0 Å². The highest BCUT2D eigenvalue weighted by Crippen LogP contribution is 2.19. The van der Waals surface area contributed by atoms with E-state index >= 15 is 0 Å². The Bertz CT molecular complexity index is 514. The minimum atomic E-state index is -0.0443.